The van der Waals surface area contributed by atoms with E-state index in [1.807, 2.05) is 12.1 Å². The molecule has 0 saturated carbocycles. The molecule has 1 N–H and O–H groups in total. The van der Waals surface area contributed by atoms with E-state index in [1.165, 1.54) is 4.31 Å². The van der Waals surface area contributed by atoms with Gasteiger partial charge in [-0.3, -0.25) is 9.78 Å². The van der Waals surface area contributed by atoms with Crippen molar-refractivity contribution in [2.24, 2.45) is 0 Å². The Morgan fingerprint density at radius 1 is 1.32 bits per heavy atom. The molecule has 0 spiro atoms. The quantitative estimate of drug-likeness (QED) is 0.784. The SMILES string of the molecule is CC(C)S(=O)(=O)N1CC(n2cc(C(=O)NCc3ccncc3)nn2)C1. The third-order valence-electron chi connectivity index (χ3n) is 4.10. The van der Waals surface area contributed by atoms with Crippen LogP contribution in [0.1, 0.15) is 35.9 Å². The Kier molecular flexibility index (Phi) is 4.82. The van der Waals surface area contributed by atoms with Crippen LogP contribution >= 0.6 is 0 Å². The first-order valence-electron chi connectivity index (χ1n) is 7.96. The molecule has 1 amide bonds. The molecule has 10 heteroatoms. The van der Waals surface area contributed by atoms with Crippen LogP contribution in [0.3, 0.4) is 0 Å². The standard InChI is InChI=1S/C15H20N6O3S/c1-11(2)25(23,24)20-8-13(9-20)21-10-14(18-19-21)15(22)17-7-12-3-5-16-6-4-12/h3-6,10-11,13H,7-9H2,1-2H3,(H,17,22). The van der Waals surface area contributed by atoms with Crippen molar-refractivity contribution in [2.75, 3.05) is 13.1 Å². The molecule has 0 bridgehead atoms. The Bertz CT molecular complexity index is 843. The van der Waals surface area contributed by atoms with Gasteiger partial charge in [0.1, 0.15) is 0 Å². The van der Waals surface area contributed by atoms with Crippen molar-refractivity contribution in [1.82, 2.24) is 29.6 Å². The Balaban J connectivity index is 1.56. The number of sulfonamides is 1. The molecule has 0 atom stereocenters. The van der Waals surface area contributed by atoms with E-state index in [1.54, 1.807) is 37.1 Å². The van der Waals surface area contributed by atoms with Crippen molar-refractivity contribution in [3.8, 4) is 0 Å². The van der Waals surface area contributed by atoms with Gasteiger partial charge in [0.2, 0.25) is 10.0 Å². The summed E-state index contributed by atoms with van der Waals surface area (Å²) < 4.78 is 27.0. The van der Waals surface area contributed by atoms with Crippen molar-refractivity contribution in [3.63, 3.8) is 0 Å². The van der Waals surface area contributed by atoms with Crippen LogP contribution in [0.15, 0.2) is 30.7 Å². The van der Waals surface area contributed by atoms with E-state index in [4.69, 9.17) is 0 Å². The topological polar surface area (TPSA) is 110 Å². The first kappa shape index (κ1) is 17.5. The maximum absolute atomic E-state index is 12.1. The van der Waals surface area contributed by atoms with E-state index in [0.29, 0.717) is 19.6 Å². The van der Waals surface area contributed by atoms with E-state index >= 15 is 0 Å². The Morgan fingerprint density at radius 3 is 2.64 bits per heavy atom. The summed E-state index contributed by atoms with van der Waals surface area (Å²) in [5.41, 5.74) is 1.14. The maximum Gasteiger partial charge on any atom is 0.273 e. The summed E-state index contributed by atoms with van der Waals surface area (Å²) >= 11 is 0. The van der Waals surface area contributed by atoms with E-state index in [2.05, 4.69) is 20.6 Å². The van der Waals surface area contributed by atoms with Crippen molar-refractivity contribution in [3.05, 3.63) is 42.0 Å². The zero-order chi connectivity index (χ0) is 18.0. The lowest BCUT2D eigenvalue weighted by Crippen LogP contribution is -2.52. The Morgan fingerprint density at radius 2 is 2.00 bits per heavy atom. The van der Waals surface area contributed by atoms with Crippen LogP contribution in [-0.2, 0) is 16.6 Å². The number of carbonyl (C=O) groups is 1. The molecular formula is C15H20N6O3S. The number of nitrogens with zero attached hydrogens (tertiary/aromatic N) is 5. The highest BCUT2D eigenvalue weighted by molar-refractivity contribution is 7.89. The van der Waals surface area contributed by atoms with Gasteiger partial charge in [-0.05, 0) is 31.5 Å². The van der Waals surface area contributed by atoms with Crippen LogP contribution in [0.4, 0.5) is 0 Å². The number of nitrogens with one attached hydrogen (secondary N) is 1. The molecule has 0 aromatic carbocycles. The van der Waals surface area contributed by atoms with Crippen molar-refractivity contribution >= 4 is 15.9 Å². The summed E-state index contributed by atoms with van der Waals surface area (Å²) in [6.07, 6.45) is 4.86. The van der Waals surface area contributed by atoms with E-state index in [-0.39, 0.29) is 17.6 Å². The van der Waals surface area contributed by atoms with Gasteiger partial charge in [-0.2, -0.15) is 4.31 Å². The highest BCUT2D eigenvalue weighted by Crippen LogP contribution is 2.25. The van der Waals surface area contributed by atoms with Gasteiger partial charge in [0, 0.05) is 32.0 Å². The smallest absolute Gasteiger partial charge is 0.273 e. The summed E-state index contributed by atoms with van der Waals surface area (Å²) in [6, 6.07) is 3.53. The van der Waals surface area contributed by atoms with Gasteiger partial charge in [0.05, 0.1) is 17.5 Å². The van der Waals surface area contributed by atoms with Crippen LogP contribution < -0.4 is 5.32 Å². The number of carbonyl (C=O) groups excluding carboxylic acids is 1. The minimum Gasteiger partial charge on any atom is -0.347 e. The summed E-state index contributed by atoms with van der Waals surface area (Å²) in [6.45, 7) is 4.38. The fourth-order valence-electron chi connectivity index (χ4n) is 2.42. The highest BCUT2D eigenvalue weighted by Gasteiger charge is 2.38. The van der Waals surface area contributed by atoms with Crippen LogP contribution in [0.25, 0.3) is 0 Å². The summed E-state index contributed by atoms with van der Waals surface area (Å²) in [5.74, 6) is -0.325. The maximum atomic E-state index is 12.1. The number of rotatable bonds is 6. The summed E-state index contributed by atoms with van der Waals surface area (Å²) in [5, 5.41) is 10.1. The largest absolute Gasteiger partial charge is 0.347 e. The molecule has 3 rings (SSSR count). The van der Waals surface area contributed by atoms with E-state index in [0.717, 1.165) is 5.56 Å². The van der Waals surface area contributed by atoms with Gasteiger partial charge in [-0.25, -0.2) is 13.1 Å². The molecule has 0 aliphatic carbocycles. The monoisotopic (exact) mass is 364 g/mol. The molecule has 1 aliphatic rings. The number of hydrogen-bond donors (Lipinski definition) is 1. The first-order chi connectivity index (χ1) is 11.9. The number of pyridine rings is 1. The molecule has 2 aromatic heterocycles. The molecule has 2 aromatic rings. The molecule has 0 unspecified atom stereocenters. The van der Waals surface area contributed by atoms with Gasteiger partial charge in [-0.1, -0.05) is 5.21 Å². The van der Waals surface area contributed by atoms with Gasteiger partial charge in [-0.15, -0.1) is 5.10 Å². The molecule has 25 heavy (non-hydrogen) atoms. The lowest BCUT2D eigenvalue weighted by Gasteiger charge is -2.38. The minimum atomic E-state index is -3.24. The Hall–Kier alpha value is -2.33. The summed E-state index contributed by atoms with van der Waals surface area (Å²) in [7, 11) is -3.24. The van der Waals surface area contributed by atoms with Crippen LogP contribution in [-0.4, -0.2) is 56.9 Å². The van der Waals surface area contributed by atoms with Crippen LogP contribution in [0.2, 0.25) is 0 Å². The molecule has 1 fully saturated rings. The number of hydrogen-bond acceptors (Lipinski definition) is 6. The van der Waals surface area contributed by atoms with Gasteiger partial charge < -0.3 is 5.32 Å². The summed E-state index contributed by atoms with van der Waals surface area (Å²) in [4.78, 5) is 16.0. The second kappa shape index (κ2) is 6.89. The molecular weight excluding hydrogens is 344 g/mol. The lowest BCUT2D eigenvalue weighted by molar-refractivity contribution is 0.0945. The number of aromatic nitrogens is 4. The second-order valence-electron chi connectivity index (χ2n) is 6.19. The number of amides is 1. The average molecular weight is 364 g/mol. The van der Waals surface area contributed by atoms with Crippen LogP contribution in [0, 0.1) is 0 Å². The fourth-order valence-corrected chi connectivity index (χ4v) is 3.78. The van der Waals surface area contributed by atoms with Gasteiger partial charge in [0.25, 0.3) is 5.91 Å². The minimum absolute atomic E-state index is 0.0947. The van der Waals surface area contributed by atoms with E-state index < -0.39 is 15.3 Å². The first-order valence-corrected chi connectivity index (χ1v) is 9.46. The van der Waals surface area contributed by atoms with Crippen molar-refractivity contribution in [2.45, 2.75) is 31.7 Å². The van der Waals surface area contributed by atoms with Gasteiger partial charge in [0.15, 0.2) is 5.69 Å². The molecule has 0 radical (unpaired) electrons. The molecule has 9 nitrogen and oxygen atoms in total. The van der Waals surface area contributed by atoms with Gasteiger partial charge >= 0.3 is 0 Å². The highest BCUT2D eigenvalue weighted by atomic mass is 32.2. The normalized spacial score (nSPS) is 16.0. The second-order valence-corrected chi connectivity index (χ2v) is 8.68. The third kappa shape index (κ3) is 3.69. The zero-order valence-electron chi connectivity index (χ0n) is 14.0. The fraction of sp³-hybridized carbons (Fsp3) is 0.467. The predicted octanol–water partition coefficient (Wildman–Crippen LogP) is 0.198. The zero-order valence-corrected chi connectivity index (χ0v) is 14.8. The van der Waals surface area contributed by atoms with E-state index in [9.17, 15) is 13.2 Å². The average Bonchev–Trinajstić information content (AvgIpc) is 3.01. The molecule has 134 valence electrons. The third-order valence-corrected chi connectivity index (χ3v) is 6.31. The molecule has 1 saturated heterocycles. The molecule has 3 heterocycles. The van der Waals surface area contributed by atoms with Crippen molar-refractivity contribution in [1.29, 1.82) is 0 Å². The predicted molar refractivity (Wildman–Crippen MR) is 90.1 cm³/mol. The lowest BCUT2D eigenvalue weighted by atomic mass is 10.2. The Labute approximate surface area is 146 Å². The van der Waals surface area contributed by atoms with Crippen LogP contribution in [0.5, 0.6) is 0 Å². The van der Waals surface area contributed by atoms with Crippen molar-refractivity contribution < 1.29 is 13.2 Å². The molecule has 1 aliphatic heterocycles.